The quantitative estimate of drug-likeness (QED) is 0.453. The molecule has 0 atom stereocenters. The van der Waals surface area contributed by atoms with Gasteiger partial charge in [0.1, 0.15) is 12.4 Å². The van der Waals surface area contributed by atoms with Crippen LogP contribution in [-0.2, 0) is 11.2 Å². The Morgan fingerprint density at radius 3 is 2.29 bits per heavy atom. The van der Waals surface area contributed by atoms with E-state index >= 15 is 0 Å². The second-order valence-electron chi connectivity index (χ2n) is 5.52. The van der Waals surface area contributed by atoms with Crippen LogP contribution in [0.2, 0.25) is 0 Å². The molecule has 0 fully saturated rings. The molecular weight excluding hydrogens is 260 g/mol. The second-order valence-corrected chi connectivity index (χ2v) is 5.52. The Kier molecular flexibility index (Phi) is 10.9. The summed E-state index contributed by atoms with van der Waals surface area (Å²) in [6.45, 7) is 6.34. The molecule has 1 aromatic rings. The van der Waals surface area contributed by atoms with E-state index in [1.807, 2.05) is 13.0 Å². The molecule has 0 aliphatic carbocycles. The Morgan fingerprint density at radius 2 is 1.52 bits per heavy atom. The number of unbranched alkanes of at least 4 members (excludes halogenated alkanes) is 6. The van der Waals surface area contributed by atoms with E-state index in [1.165, 1.54) is 50.5 Å². The molecule has 0 aromatic heterocycles. The lowest BCUT2D eigenvalue weighted by Crippen LogP contribution is -2.07. The van der Waals surface area contributed by atoms with Gasteiger partial charge in [0.2, 0.25) is 0 Å². The van der Waals surface area contributed by atoms with Crippen LogP contribution < -0.4 is 4.74 Å². The smallest absolute Gasteiger partial charge is 0.122 e. The molecule has 0 radical (unpaired) electrons. The van der Waals surface area contributed by atoms with Crippen molar-refractivity contribution in [1.29, 1.82) is 0 Å². The Bertz CT molecular complexity index is 349. The summed E-state index contributed by atoms with van der Waals surface area (Å²) in [5, 5.41) is 0. The molecular formula is C19H32O2. The second kappa shape index (κ2) is 12.7. The standard InChI is InChI=1S/C19H32O2/c1-3-5-6-7-8-9-10-13-18-14-11-12-15-19(18)21-17-16-20-4-2/h11-12,14-15H,3-10,13,16-17H2,1-2H3. The van der Waals surface area contributed by atoms with E-state index in [-0.39, 0.29) is 0 Å². The van der Waals surface area contributed by atoms with Crippen molar-refractivity contribution in [3.05, 3.63) is 29.8 Å². The number of para-hydroxylation sites is 1. The molecule has 0 aliphatic rings. The molecule has 1 aromatic carbocycles. The highest BCUT2D eigenvalue weighted by Crippen LogP contribution is 2.20. The van der Waals surface area contributed by atoms with Crippen LogP contribution in [0, 0.1) is 0 Å². The fourth-order valence-electron chi connectivity index (χ4n) is 2.48. The zero-order valence-electron chi connectivity index (χ0n) is 13.9. The molecule has 0 aliphatic heterocycles. The molecule has 0 unspecified atom stereocenters. The Labute approximate surface area is 130 Å². The predicted octanol–water partition coefficient (Wildman–Crippen LogP) is 5.40. The highest BCUT2D eigenvalue weighted by atomic mass is 16.5. The molecule has 0 bridgehead atoms. The predicted molar refractivity (Wildman–Crippen MR) is 90.1 cm³/mol. The maximum atomic E-state index is 5.82. The van der Waals surface area contributed by atoms with Gasteiger partial charge in [0.15, 0.2) is 0 Å². The van der Waals surface area contributed by atoms with Crippen molar-refractivity contribution in [3.63, 3.8) is 0 Å². The zero-order chi connectivity index (χ0) is 15.2. The zero-order valence-corrected chi connectivity index (χ0v) is 13.9. The molecule has 0 saturated carbocycles. The molecule has 21 heavy (non-hydrogen) atoms. The summed E-state index contributed by atoms with van der Waals surface area (Å²) in [6.07, 6.45) is 10.6. The van der Waals surface area contributed by atoms with Gasteiger partial charge < -0.3 is 9.47 Å². The summed E-state index contributed by atoms with van der Waals surface area (Å²) in [5.74, 6) is 1.03. The summed E-state index contributed by atoms with van der Waals surface area (Å²) >= 11 is 0. The maximum Gasteiger partial charge on any atom is 0.122 e. The number of hydrogen-bond donors (Lipinski definition) is 0. The third kappa shape index (κ3) is 8.77. The van der Waals surface area contributed by atoms with E-state index in [2.05, 4.69) is 25.1 Å². The lowest BCUT2D eigenvalue weighted by atomic mass is 10.0. The van der Waals surface area contributed by atoms with Gasteiger partial charge in [0.25, 0.3) is 0 Å². The van der Waals surface area contributed by atoms with E-state index in [4.69, 9.17) is 9.47 Å². The molecule has 120 valence electrons. The van der Waals surface area contributed by atoms with Crippen LogP contribution >= 0.6 is 0 Å². The van der Waals surface area contributed by atoms with Crippen molar-refractivity contribution in [3.8, 4) is 5.75 Å². The fourth-order valence-corrected chi connectivity index (χ4v) is 2.48. The normalized spacial score (nSPS) is 10.8. The van der Waals surface area contributed by atoms with E-state index in [9.17, 15) is 0 Å². The van der Waals surface area contributed by atoms with Crippen LogP contribution in [0.25, 0.3) is 0 Å². The number of hydrogen-bond acceptors (Lipinski definition) is 2. The van der Waals surface area contributed by atoms with Crippen molar-refractivity contribution < 1.29 is 9.47 Å². The SMILES string of the molecule is CCCCCCCCCc1ccccc1OCCOCC. The lowest BCUT2D eigenvalue weighted by molar-refractivity contribution is 0.110. The summed E-state index contributed by atoms with van der Waals surface area (Å²) in [6, 6.07) is 8.41. The fraction of sp³-hybridized carbons (Fsp3) is 0.684. The first-order valence-corrected chi connectivity index (χ1v) is 8.67. The average molecular weight is 292 g/mol. The van der Waals surface area contributed by atoms with Gasteiger partial charge in [-0.15, -0.1) is 0 Å². The first-order valence-electron chi connectivity index (χ1n) is 8.67. The minimum atomic E-state index is 0.641. The lowest BCUT2D eigenvalue weighted by Gasteiger charge is -2.11. The van der Waals surface area contributed by atoms with E-state index in [0.29, 0.717) is 13.2 Å². The van der Waals surface area contributed by atoms with Gasteiger partial charge in [-0.2, -0.15) is 0 Å². The van der Waals surface area contributed by atoms with Crippen molar-refractivity contribution in [2.45, 2.75) is 65.2 Å². The molecule has 1 rings (SSSR count). The third-order valence-corrected chi connectivity index (χ3v) is 3.71. The first kappa shape index (κ1) is 18.0. The largest absolute Gasteiger partial charge is 0.491 e. The Balaban J connectivity index is 2.21. The highest BCUT2D eigenvalue weighted by Gasteiger charge is 2.02. The molecule has 0 saturated heterocycles. The molecule has 2 nitrogen and oxygen atoms in total. The molecule has 0 spiro atoms. The van der Waals surface area contributed by atoms with Gasteiger partial charge in [0.05, 0.1) is 6.61 Å². The highest BCUT2D eigenvalue weighted by molar-refractivity contribution is 5.33. The van der Waals surface area contributed by atoms with Gasteiger partial charge >= 0.3 is 0 Å². The first-order chi connectivity index (χ1) is 10.4. The number of ether oxygens (including phenoxy) is 2. The van der Waals surface area contributed by atoms with Crippen molar-refractivity contribution in [2.75, 3.05) is 19.8 Å². The number of aryl methyl sites for hydroxylation is 1. The van der Waals surface area contributed by atoms with Gasteiger partial charge in [-0.1, -0.05) is 63.6 Å². The summed E-state index contributed by atoms with van der Waals surface area (Å²) in [5.41, 5.74) is 1.34. The van der Waals surface area contributed by atoms with Crippen molar-refractivity contribution in [2.24, 2.45) is 0 Å². The number of benzene rings is 1. The van der Waals surface area contributed by atoms with Crippen molar-refractivity contribution >= 4 is 0 Å². The van der Waals surface area contributed by atoms with Gasteiger partial charge in [-0.3, -0.25) is 0 Å². The summed E-state index contributed by atoms with van der Waals surface area (Å²) in [7, 11) is 0. The molecule has 2 heteroatoms. The summed E-state index contributed by atoms with van der Waals surface area (Å²) < 4.78 is 11.1. The topological polar surface area (TPSA) is 18.5 Å². The summed E-state index contributed by atoms with van der Waals surface area (Å²) in [4.78, 5) is 0. The molecule has 0 heterocycles. The molecule has 0 amide bonds. The minimum Gasteiger partial charge on any atom is -0.491 e. The van der Waals surface area contributed by atoms with Gasteiger partial charge in [0, 0.05) is 6.61 Å². The van der Waals surface area contributed by atoms with Gasteiger partial charge in [-0.25, -0.2) is 0 Å². The van der Waals surface area contributed by atoms with E-state index in [1.54, 1.807) is 0 Å². The van der Waals surface area contributed by atoms with E-state index < -0.39 is 0 Å². The third-order valence-electron chi connectivity index (χ3n) is 3.71. The van der Waals surface area contributed by atoms with Crippen LogP contribution in [-0.4, -0.2) is 19.8 Å². The van der Waals surface area contributed by atoms with Crippen LogP contribution in [0.5, 0.6) is 5.75 Å². The average Bonchev–Trinajstić information content (AvgIpc) is 2.52. The minimum absolute atomic E-state index is 0.641. The van der Waals surface area contributed by atoms with Crippen LogP contribution in [0.1, 0.15) is 64.4 Å². The molecule has 0 N–H and O–H groups in total. The van der Waals surface area contributed by atoms with Gasteiger partial charge in [-0.05, 0) is 31.4 Å². The Morgan fingerprint density at radius 1 is 0.810 bits per heavy atom. The number of rotatable bonds is 13. The maximum absolute atomic E-state index is 5.82. The van der Waals surface area contributed by atoms with E-state index in [0.717, 1.165) is 18.8 Å². The van der Waals surface area contributed by atoms with Crippen LogP contribution in [0.4, 0.5) is 0 Å². The Hall–Kier alpha value is -1.02. The van der Waals surface area contributed by atoms with Crippen molar-refractivity contribution in [1.82, 2.24) is 0 Å². The van der Waals surface area contributed by atoms with Crippen LogP contribution in [0.3, 0.4) is 0 Å². The monoisotopic (exact) mass is 292 g/mol. The van der Waals surface area contributed by atoms with Crippen LogP contribution in [0.15, 0.2) is 24.3 Å².